The molecule has 4 rings (SSSR count). The molecule has 2 aromatic carbocycles. The summed E-state index contributed by atoms with van der Waals surface area (Å²) in [5.41, 5.74) is 4.22. The molecule has 2 heterocycles. The first-order valence-electron chi connectivity index (χ1n) is 9.78. The molecule has 0 unspecified atom stereocenters. The molecule has 0 radical (unpaired) electrons. The van der Waals surface area contributed by atoms with Gasteiger partial charge in [0.25, 0.3) is 5.91 Å². The number of hydrogen-bond donors (Lipinski definition) is 1. The molecule has 1 amide bonds. The third-order valence-corrected chi connectivity index (χ3v) is 6.64. The van der Waals surface area contributed by atoms with Crippen molar-refractivity contribution in [2.45, 2.75) is 13.8 Å². The lowest BCUT2D eigenvalue weighted by atomic mass is 10.1. The van der Waals surface area contributed by atoms with Crippen LogP contribution in [0.15, 0.2) is 64.6 Å². The number of carbonyl (C=O) groups is 2. The standard InChI is InChI=1S/C24H20ClN3O3S/c1-14-7-9-18(12-19(14)25)28-10-4-5-17(28)13-21-22(29)27(3)24(32-21)26-20-11-16(23(30)31)8-6-15(20)2/h4-13H,1-3H3,(H,30,31)/b21-13-,26-24?. The van der Waals surface area contributed by atoms with E-state index in [1.807, 2.05) is 61.0 Å². The predicted molar refractivity (Wildman–Crippen MR) is 129 cm³/mol. The predicted octanol–water partition coefficient (Wildman–Crippen LogP) is 5.68. The maximum atomic E-state index is 12.9. The molecular weight excluding hydrogens is 446 g/mol. The van der Waals surface area contributed by atoms with Crippen LogP contribution in [-0.4, -0.2) is 38.7 Å². The Morgan fingerprint density at radius 1 is 1.12 bits per heavy atom. The van der Waals surface area contributed by atoms with Gasteiger partial charge in [-0.3, -0.25) is 9.69 Å². The third kappa shape index (κ3) is 4.22. The van der Waals surface area contributed by atoms with E-state index in [2.05, 4.69) is 4.99 Å². The molecule has 0 aliphatic carbocycles. The second-order valence-corrected chi connectivity index (χ2v) is 8.83. The van der Waals surface area contributed by atoms with E-state index in [1.165, 1.54) is 28.8 Å². The van der Waals surface area contributed by atoms with E-state index in [4.69, 9.17) is 11.6 Å². The minimum Gasteiger partial charge on any atom is -0.478 e. The molecule has 8 heteroatoms. The average Bonchev–Trinajstić information content (AvgIpc) is 3.32. The zero-order chi connectivity index (χ0) is 23.0. The Balaban J connectivity index is 1.68. The Morgan fingerprint density at radius 2 is 1.88 bits per heavy atom. The van der Waals surface area contributed by atoms with E-state index in [-0.39, 0.29) is 11.5 Å². The van der Waals surface area contributed by atoms with Gasteiger partial charge in [0.1, 0.15) is 0 Å². The summed E-state index contributed by atoms with van der Waals surface area (Å²) >= 11 is 7.54. The smallest absolute Gasteiger partial charge is 0.335 e. The van der Waals surface area contributed by atoms with Crippen molar-refractivity contribution in [1.82, 2.24) is 9.47 Å². The van der Waals surface area contributed by atoms with Crippen LogP contribution in [0.2, 0.25) is 5.02 Å². The Morgan fingerprint density at radius 3 is 2.59 bits per heavy atom. The summed E-state index contributed by atoms with van der Waals surface area (Å²) in [6.07, 6.45) is 3.73. The van der Waals surface area contributed by atoms with Crippen LogP contribution >= 0.6 is 23.4 Å². The number of likely N-dealkylation sites (N-methyl/N-ethyl adjacent to an activating group) is 1. The molecule has 1 N–H and O–H groups in total. The van der Waals surface area contributed by atoms with Crippen LogP contribution in [0, 0.1) is 13.8 Å². The number of nitrogens with zero attached hydrogens (tertiary/aromatic N) is 3. The maximum absolute atomic E-state index is 12.9. The molecular formula is C24H20ClN3O3S. The van der Waals surface area contributed by atoms with Gasteiger partial charge in [-0.1, -0.05) is 23.7 Å². The molecule has 162 valence electrons. The van der Waals surface area contributed by atoms with Crippen molar-refractivity contribution < 1.29 is 14.7 Å². The van der Waals surface area contributed by atoms with Gasteiger partial charge in [-0.2, -0.15) is 0 Å². The zero-order valence-electron chi connectivity index (χ0n) is 17.7. The minimum absolute atomic E-state index is 0.150. The number of carbonyl (C=O) groups excluding carboxylic acids is 1. The fraction of sp³-hybridized carbons (Fsp3) is 0.125. The molecule has 6 nitrogen and oxygen atoms in total. The number of hydrogen-bond acceptors (Lipinski definition) is 4. The summed E-state index contributed by atoms with van der Waals surface area (Å²) < 4.78 is 1.96. The van der Waals surface area contributed by atoms with Gasteiger partial charge < -0.3 is 9.67 Å². The van der Waals surface area contributed by atoms with Crippen molar-refractivity contribution in [1.29, 1.82) is 0 Å². The molecule has 1 aliphatic rings. The number of aromatic nitrogens is 1. The van der Waals surface area contributed by atoms with Gasteiger partial charge in [0.15, 0.2) is 5.17 Å². The normalized spacial score (nSPS) is 16.4. The van der Waals surface area contributed by atoms with E-state index >= 15 is 0 Å². The summed E-state index contributed by atoms with van der Waals surface area (Å²) in [5, 5.41) is 10.4. The van der Waals surface area contributed by atoms with Crippen LogP contribution in [0.3, 0.4) is 0 Å². The van der Waals surface area contributed by atoms with Gasteiger partial charge in [0.05, 0.1) is 16.2 Å². The highest BCUT2D eigenvalue weighted by Crippen LogP contribution is 2.34. The number of benzene rings is 2. The highest BCUT2D eigenvalue weighted by molar-refractivity contribution is 8.18. The molecule has 1 aromatic heterocycles. The van der Waals surface area contributed by atoms with Gasteiger partial charge in [-0.05, 0) is 79.2 Å². The molecule has 0 atom stereocenters. The number of carboxylic acids is 1. The molecule has 0 bridgehead atoms. The van der Waals surface area contributed by atoms with Crippen LogP contribution in [0.4, 0.5) is 5.69 Å². The van der Waals surface area contributed by atoms with Gasteiger partial charge >= 0.3 is 5.97 Å². The highest BCUT2D eigenvalue weighted by Gasteiger charge is 2.31. The monoisotopic (exact) mass is 465 g/mol. The Bertz CT molecular complexity index is 1310. The van der Waals surface area contributed by atoms with E-state index in [0.717, 1.165) is 22.5 Å². The second-order valence-electron chi connectivity index (χ2n) is 7.41. The fourth-order valence-corrected chi connectivity index (χ4v) is 4.37. The number of carboxylic acid groups (broad SMARTS) is 1. The van der Waals surface area contributed by atoms with Crippen LogP contribution < -0.4 is 0 Å². The zero-order valence-corrected chi connectivity index (χ0v) is 19.2. The molecule has 0 saturated carbocycles. The quantitative estimate of drug-likeness (QED) is 0.503. The molecule has 1 fully saturated rings. The number of halogens is 1. The lowest BCUT2D eigenvalue weighted by Gasteiger charge is -2.09. The third-order valence-electron chi connectivity index (χ3n) is 5.17. The number of amidine groups is 1. The molecule has 32 heavy (non-hydrogen) atoms. The van der Waals surface area contributed by atoms with Crippen LogP contribution in [-0.2, 0) is 4.79 Å². The first-order valence-corrected chi connectivity index (χ1v) is 11.0. The summed E-state index contributed by atoms with van der Waals surface area (Å²) in [7, 11) is 1.66. The van der Waals surface area contributed by atoms with Crippen LogP contribution in [0.1, 0.15) is 27.2 Å². The number of aryl methyl sites for hydroxylation is 2. The van der Waals surface area contributed by atoms with Gasteiger partial charge in [0, 0.05) is 29.6 Å². The van der Waals surface area contributed by atoms with Crippen molar-refractivity contribution in [3.8, 4) is 5.69 Å². The molecule has 0 spiro atoms. The summed E-state index contributed by atoms with van der Waals surface area (Å²) in [6.45, 7) is 3.80. The number of aliphatic imine (C=N–C) groups is 1. The number of amides is 1. The summed E-state index contributed by atoms with van der Waals surface area (Å²) in [4.78, 5) is 30.7. The largest absolute Gasteiger partial charge is 0.478 e. The average molecular weight is 466 g/mol. The van der Waals surface area contributed by atoms with Gasteiger partial charge in [-0.15, -0.1) is 0 Å². The maximum Gasteiger partial charge on any atom is 0.335 e. The molecule has 1 saturated heterocycles. The summed E-state index contributed by atoms with van der Waals surface area (Å²) in [6, 6.07) is 14.4. The SMILES string of the molecule is Cc1ccc(-n2cccc2/C=C2\SC(=Nc3cc(C(=O)O)ccc3C)N(C)C2=O)cc1Cl. The van der Waals surface area contributed by atoms with Crippen molar-refractivity contribution in [3.63, 3.8) is 0 Å². The molecule has 1 aliphatic heterocycles. The first kappa shape index (κ1) is 21.9. The minimum atomic E-state index is -1.02. The van der Waals surface area contributed by atoms with Crippen LogP contribution in [0.25, 0.3) is 11.8 Å². The van der Waals surface area contributed by atoms with E-state index in [9.17, 15) is 14.7 Å². The Hall–Kier alpha value is -3.29. The Kier molecular flexibility index (Phi) is 5.95. The van der Waals surface area contributed by atoms with E-state index in [0.29, 0.717) is 20.8 Å². The fourth-order valence-electron chi connectivity index (χ4n) is 3.23. The van der Waals surface area contributed by atoms with Gasteiger partial charge in [0.2, 0.25) is 0 Å². The van der Waals surface area contributed by atoms with Crippen LogP contribution in [0.5, 0.6) is 0 Å². The van der Waals surface area contributed by atoms with E-state index < -0.39 is 5.97 Å². The first-order chi connectivity index (χ1) is 15.2. The van der Waals surface area contributed by atoms with Crippen molar-refractivity contribution in [2.75, 3.05) is 7.05 Å². The highest BCUT2D eigenvalue weighted by atomic mass is 35.5. The van der Waals surface area contributed by atoms with Crippen molar-refractivity contribution in [2.24, 2.45) is 4.99 Å². The Labute approximate surface area is 194 Å². The lowest BCUT2D eigenvalue weighted by Crippen LogP contribution is -2.23. The number of aromatic carboxylic acids is 1. The number of thioether (sulfide) groups is 1. The lowest BCUT2D eigenvalue weighted by molar-refractivity contribution is -0.121. The van der Waals surface area contributed by atoms with Gasteiger partial charge in [-0.25, -0.2) is 9.79 Å². The topological polar surface area (TPSA) is 74.9 Å². The van der Waals surface area contributed by atoms with E-state index in [1.54, 1.807) is 13.1 Å². The van der Waals surface area contributed by atoms with Crippen molar-refractivity contribution in [3.05, 3.63) is 87.0 Å². The number of rotatable bonds is 4. The summed E-state index contributed by atoms with van der Waals surface area (Å²) in [5.74, 6) is -1.19. The molecule has 3 aromatic rings. The second kappa shape index (κ2) is 8.68. The van der Waals surface area contributed by atoms with Crippen molar-refractivity contribution >= 4 is 52.2 Å².